The Morgan fingerprint density at radius 1 is 1.17 bits per heavy atom. The molecule has 1 saturated heterocycles. The highest BCUT2D eigenvalue weighted by molar-refractivity contribution is 5.85. The van der Waals surface area contributed by atoms with E-state index in [9.17, 15) is 4.79 Å². The van der Waals surface area contributed by atoms with Crippen LogP contribution in [0.5, 0.6) is 0 Å². The van der Waals surface area contributed by atoms with Crippen molar-refractivity contribution in [3.8, 4) is 0 Å². The number of likely N-dealkylation sites (N-methyl/N-ethyl adjacent to an activating group) is 1. The van der Waals surface area contributed by atoms with Crippen LogP contribution < -0.4 is 10.6 Å². The smallest absolute Gasteiger partial charge is 0.223 e. The Labute approximate surface area is 153 Å². The van der Waals surface area contributed by atoms with Crippen LogP contribution in [0.25, 0.3) is 0 Å². The number of nitrogens with one attached hydrogen (secondary N) is 2. The number of piperidine rings is 1. The van der Waals surface area contributed by atoms with Crippen LogP contribution in [0, 0.1) is 11.3 Å². The van der Waals surface area contributed by atoms with Gasteiger partial charge in [-0.1, -0.05) is 19.3 Å². The molecule has 0 aromatic carbocycles. The molecule has 6 heteroatoms. The maximum absolute atomic E-state index is 12.3. The van der Waals surface area contributed by atoms with Gasteiger partial charge in [0.2, 0.25) is 5.91 Å². The first-order chi connectivity index (χ1) is 10.2. The molecular weight excluding hydrogens is 333 g/mol. The van der Waals surface area contributed by atoms with Crippen LogP contribution in [0.3, 0.4) is 0 Å². The average Bonchev–Trinajstić information content (AvgIpc) is 3.22. The first-order valence-electron chi connectivity index (χ1n) is 8.90. The SMILES string of the molecule is CN(CCNC(=O)C1CC12CCNCC2)C1CCCCC1.Cl.Cl. The second kappa shape index (κ2) is 9.45. The molecule has 0 radical (unpaired) electrons. The third-order valence-corrected chi connectivity index (χ3v) is 6.07. The first-order valence-corrected chi connectivity index (χ1v) is 8.90. The van der Waals surface area contributed by atoms with Gasteiger partial charge in [-0.05, 0) is 57.7 Å². The number of hydrogen-bond acceptors (Lipinski definition) is 3. The lowest BCUT2D eigenvalue weighted by Crippen LogP contribution is -2.40. The molecule has 1 heterocycles. The average molecular weight is 366 g/mol. The van der Waals surface area contributed by atoms with Gasteiger partial charge in [0, 0.05) is 25.0 Å². The predicted octanol–water partition coefficient (Wildman–Crippen LogP) is 2.60. The van der Waals surface area contributed by atoms with Crippen molar-refractivity contribution in [2.75, 3.05) is 33.2 Å². The van der Waals surface area contributed by atoms with Crippen molar-refractivity contribution < 1.29 is 4.79 Å². The van der Waals surface area contributed by atoms with E-state index in [2.05, 4.69) is 22.6 Å². The minimum absolute atomic E-state index is 0. The van der Waals surface area contributed by atoms with Crippen LogP contribution in [0.1, 0.15) is 51.4 Å². The minimum atomic E-state index is 0. The molecule has 2 aliphatic carbocycles. The third kappa shape index (κ3) is 5.22. The Bertz CT molecular complexity index is 369. The van der Waals surface area contributed by atoms with E-state index in [1.807, 2.05) is 0 Å². The van der Waals surface area contributed by atoms with E-state index in [-0.39, 0.29) is 24.8 Å². The van der Waals surface area contributed by atoms with Crippen LogP contribution in [0.2, 0.25) is 0 Å². The monoisotopic (exact) mass is 365 g/mol. The molecule has 3 fully saturated rings. The zero-order valence-corrected chi connectivity index (χ0v) is 15.9. The number of carbonyl (C=O) groups excluding carboxylic acids is 1. The van der Waals surface area contributed by atoms with Crippen LogP contribution in [-0.2, 0) is 4.79 Å². The van der Waals surface area contributed by atoms with E-state index in [4.69, 9.17) is 0 Å². The molecular formula is C17H33Cl2N3O. The van der Waals surface area contributed by atoms with E-state index in [1.54, 1.807) is 0 Å². The number of hydrogen-bond donors (Lipinski definition) is 2. The molecule has 3 rings (SSSR count). The number of amides is 1. The maximum atomic E-state index is 12.3. The fourth-order valence-electron chi connectivity index (χ4n) is 4.38. The lowest BCUT2D eigenvalue weighted by Gasteiger charge is -2.31. The van der Waals surface area contributed by atoms with Crippen molar-refractivity contribution in [3.63, 3.8) is 0 Å². The highest BCUT2D eigenvalue weighted by Gasteiger charge is 2.57. The number of nitrogens with zero attached hydrogens (tertiary/aromatic N) is 1. The molecule has 2 N–H and O–H groups in total. The summed E-state index contributed by atoms with van der Waals surface area (Å²) < 4.78 is 0. The lowest BCUT2D eigenvalue weighted by atomic mass is 9.92. The van der Waals surface area contributed by atoms with Crippen molar-refractivity contribution in [1.82, 2.24) is 15.5 Å². The molecule has 1 spiro atoms. The second-order valence-electron chi connectivity index (χ2n) is 7.43. The summed E-state index contributed by atoms with van der Waals surface area (Å²) in [6.45, 7) is 4.00. The molecule has 1 atom stereocenters. The van der Waals surface area contributed by atoms with Gasteiger partial charge in [-0.25, -0.2) is 0 Å². The normalized spacial score (nSPS) is 26.3. The van der Waals surface area contributed by atoms with Crippen molar-refractivity contribution in [3.05, 3.63) is 0 Å². The van der Waals surface area contributed by atoms with Crippen LogP contribution in [0.15, 0.2) is 0 Å². The van der Waals surface area contributed by atoms with Crippen LogP contribution in [-0.4, -0.2) is 50.1 Å². The van der Waals surface area contributed by atoms with Crippen molar-refractivity contribution >= 4 is 30.7 Å². The van der Waals surface area contributed by atoms with Gasteiger partial charge in [0.05, 0.1) is 0 Å². The van der Waals surface area contributed by atoms with Gasteiger partial charge in [0.1, 0.15) is 0 Å². The van der Waals surface area contributed by atoms with Gasteiger partial charge in [-0.15, -0.1) is 24.8 Å². The molecule has 0 aromatic heterocycles. The predicted molar refractivity (Wildman–Crippen MR) is 99.7 cm³/mol. The van der Waals surface area contributed by atoms with Gasteiger partial charge in [0.25, 0.3) is 0 Å². The summed E-state index contributed by atoms with van der Waals surface area (Å²) in [5.41, 5.74) is 0.366. The van der Waals surface area contributed by atoms with E-state index in [1.165, 1.54) is 44.9 Å². The number of rotatable bonds is 5. The van der Waals surface area contributed by atoms with Gasteiger partial charge in [-0.3, -0.25) is 4.79 Å². The quantitative estimate of drug-likeness (QED) is 0.786. The lowest BCUT2D eigenvalue weighted by molar-refractivity contribution is -0.123. The molecule has 2 saturated carbocycles. The van der Waals surface area contributed by atoms with E-state index >= 15 is 0 Å². The zero-order chi connectivity index (χ0) is 14.7. The van der Waals surface area contributed by atoms with E-state index < -0.39 is 0 Å². The molecule has 4 nitrogen and oxygen atoms in total. The Hall–Kier alpha value is -0.0300. The second-order valence-corrected chi connectivity index (χ2v) is 7.43. The highest BCUT2D eigenvalue weighted by atomic mass is 35.5. The first kappa shape index (κ1) is 21.0. The zero-order valence-electron chi connectivity index (χ0n) is 14.3. The number of halogens is 2. The Morgan fingerprint density at radius 3 is 2.48 bits per heavy atom. The summed E-state index contributed by atoms with van der Waals surface area (Å²) in [6, 6.07) is 0.743. The highest BCUT2D eigenvalue weighted by Crippen LogP contribution is 2.58. The van der Waals surface area contributed by atoms with Crippen LogP contribution >= 0.6 is 24.8 Å². The van der Waals surface area contributed by atoms with Gasteiger partial charge >= 0.3 is 0 Å². The number of carbonyl (C=O) groups is 1. The molecule has 136 valence electrons. The maximum Gasteiger partial charge on any atom is 0.223 e. The fourth-order valence-corrected chi connectivity index (χ4v) is 4.38. The molecule has 1 amide bonds. The third-order valence-electron chi connectivity index (χ3n) is 6.07. The van der Waals surface area contributed by atoms with Crippen LogP contribution in [0.4, 0.5) is 0 Å². The van der Waals surface area contributed by atoms with Crippen molar-refractivity contribution in [2.45, 2.75) is 57.4 Å². The van der Waals surface area contributed by atoms with Gasteiger partial charge < -0.3 is 15.5 Å². The molecule has 0 aromatic rings. The van der Waals surface area contributed by atoms with Crippen molar-refractivity contribution in [2.24, 2.45) is 11.3 Å². The summed E-state index contributed by atoms with van der Waals surface area (Å²) in [7, 11) is 2.22. The van der Waals surface area contributed by atoms with E-state index in [0.717, 1.165) is 38.6 Å². The molecule has 1 aliphatic heterocycles. The fraction of sp³-hybridized carbons (Fsp3) is 0.941. The Balaban J connectivity index is 0.00000132. The summed E-state index contributed by atoms with van der Waals surface area (Å²) in [5, 5.41) is 6.58. The Kier molecular flexibility index (Phi) is 8.64. The van der Waals surface area contributed by atoms with Crippen molar-refractivity contribution in [1.29, 1.82) is 0 Å². The van der Waals surface area contributed by atoms with Gasteiger partial charge in [-0.2, -0.15) is 0 Å². The molecule has 23 heavy (non-hydrogen) atoms. The molecule has 0 bridgehead atoms. The minimum Gasteiger partial charge on any atom is -0.355 e. The van der Waals surface area contributed by atoms with Gasteiger partial charge in [0.15, 0.2) is 0 Å². The van der Waals surface area contributed by atoms with E-state index in [0.29, 0.717) is 17.2 Å². The topological polar surface area (TPSA) is 44.4 Å². The summed E-state index contributed by atoms with van der Waals surface area (Å²) in [4.78, 5) is 14.7. The largest absolute Gasteiger partial charge is 0.355 e. The summed E-state index contributed by atoms with van der Waals surface area (Å²) in [5.74, 6) is 0.619. The Morgan fingerprint density at radius 2 is 1.83 bits per heavy atom. The summed E-state index contributed by atoms with van der Waals surface area (Å²) >= 11 is 0. The molecule has 3 aliphatic rings. The summed E-state index contributed by atoms with van der Waals surface area (Å²) in [6.07, 6.45) is 10.3. The standard InChI is InChI=1S/C17H31N3O.2ClH/c1-20(14-5-3-2-4-6-14)12-11-19-16(21)15-13-17(15)7-9-18-10-8-17;;/h14-15,18H,2-13H2,1H3,(H,19,21);2*1H. The molecule has 1 unspecified atom stereocenters.